The normalized spacial score (nSPS) is 11.6. The molecule has 0 saturated heterocycles. The van der Waals surface area contributed by atoms with Crippen LogP contribution in [0.4, 0.5) is 0 Å². The molecule has 3 rings (SSSR count). The zero-order valence-electron chi connectivity index (χ0n) is 16.1. The van der Waals surface area contributed by atoms with Crippen molar-refractivity contribution in [1.29, 1.82) is 0 Å². The Balaban J connectivity index is 2.19. The average Bonchev–Trinajstić information content (AvgIpc) is 2.69. The molecule has 0 spiro atoms. The van der Waals surface area contributed by atoms with Gasteiger partial charge in [-0.15, -0.1) is 0 Å². The number of amides is 1. The number of nitrogens with two attached hydrogens (primary N) is 1. The molecule has 0 fully saturated rings. The fraction of sp³-hybridized carbons (Fsp3) is 0.182. The summed E-state index contributed by atoms with van der Waals surface area (Å²) in [5.41, 5.74) is 9.11. The van der Waals surface area contributed by atoms with E-state index in [1.807, 2.05) is 24.3 Å². The van der Waals surface area contributed by atoms with Crippen LogP contribution in [-0.4, -0.2) is 24.6 Å². The van der Waals surface area contributed by atoms with Crippen molar-refractivity contribution in [3.8, 4) is 22.4 Å². The second kappa shape index (κ2) is 8.35. The Morgan fingerprint density at radius 1 is 1.07 bits per heavy atom. The minimum absolute atomic E-state index is 0.138. The first kappa shape index (κ1) is 21.0. The third kappa shape index (κ3) is 4.66. The molecular weight excluding hydrogens is 408 g/mol. The van der Waals surface area contributed by atoms with Gasteiger partial charge in [0.25, 0.3) is 0 Å². The Morgan fingerprint density at radius 2 is 1.83 bits per heavy atom. The maximum atomic E-state index is 12.5. The van der Waals surface area contributed by atoms with Crippen molar-refractivity contribution in [3.63, 3.8) is 0 Å². The van der Waals surface area contributed by atoms with Gasteiger partial charge in [0, 0.05) is 22.3 Å². The van der Waals surface area contributed by atoms with Crippen LogP contribution in [0.2, 0.25) is 5.02 Å². The van der Waals surface area contributed by atoms with Crippen LogP contribution in [0.15, 0.2) is 60.8 Å². The van der Waals surface area contributed by atoms with E-state index in [0.29, 0.717) is 33.0 Å². The number of sulfone groups is 1. The highest BCUT2D eigenvalue weighted by atomic mass is 35.5. The van der Waals surface area contributed by atoms with Crippen LogP contribution in [0.3, 0.4) is 0 Å². The number of hydrogen-bond acceptors (Lipinski definition) is 4. The standard InChI is InChI=1S/C22H21ClN2O3S/c1-14(2)29(27,28)13-17-7-6-16(22(24)26)12-18(17)15-8-9-20(23)19(11-15)21-5-3-4-10-25-21/h3-12,14H,13H2,1-2H3,(H2,24,26). The van der Waals surface area contributed by atoms with E-state index in [4.69, 9.17) is 17.3 Å². The van der Waals surface area contributed by atoms with Gasteiger partial charge < -0.3 is 5.73 Å². The molecule has 0 atom stereocenters. The molecule has 0 aliphatic rings. The Morgan fingerprint density at radius 3 is 2.45 bits per heavy atom. The highest BCUT2D eigenvalue weighted by Crippen LogP contribution is 2.34. The minimum Gasteiger partial charge on any atom is -0.366 e. The average molecular weight is 429 g/mol. The Kier molecular flexibility index (Phi) is 6.05. The molecule has 0 aliphatic carbocycles. The molecule has 3 aromatic rings. The monoisotopic (exact) mass is 428 g/mol. The molecule has 0 aliphatic heterocycles. The van der Waals surface area contributed by atoms with Crippen LogP contribution in [0.25, 0.3) is 22.4 Å². The van der Waals surface area contributed by atoms with Gasteiger partial charge >= 0.3 is 0 Å². The molecule has 0 unspecified atom stereocenters. The summed E-state index contributed by atoms with van der Waals surface area (Å²) >= 11 is 6.38. The summed E-state index contributed by atoms with van der Waals surface area (Å²) in [6.45, 7) is 3.29. The van der Waals surface area contributed by atoms with Gasteiger partial charge in [-0.25, -0.2) is 8.42 Å². The van der Waals surface area contributed by atoms with Crippen molar-refractivity contribution >= 4 is 27.3 Å². The van der Waals surface area contributed by atoms with Crippen LogP contribution >= 0.6 is 11.6 Å². The van der Waals surface area contributed by atoms with Crippen LogP contribution in [0, 0.1) is 0 Å². The summed E-state index contributed by atoms with van der Waals surface area (Å²) in [7, 11) is -3.34. The topological polar surface area (TPSA) is 90.1 Å². The number of aromatic nitrogens is 1. The fourth-order valence-corrected chi connectivity index (χ4v) is 4.15. The smallest absolute Gasteiger partial charge is 0.248 e. The Bertz CT molecular complexity index is 1160. The number of pyridine rings is 1. The molecule has 0 saturated carbocycles. The lowest BCUT2D eigenvalue weighted by molar-refractivity contribution is 0.100. The van der Waals surface area contributed by atoms with E-state index < -0.39 is 21.0 Å². The van der Waals surface area contributed by atoms with Crippen molar-refractivity contribution in [3.05, 3.63) is 76.9 Å². The molecule has 0 bridgehead atoms. The lowest BCUT2D eigenvalue weighted by Crippen LogP contribution is -2.17. The molecule has 1 aromatic heterocycles. The first-order chi connectivity index (χ1) is 13.7. The minimum atomic E-state index is -3.34. The summed E-state index contributed by atoms with van der Waals surface area (Å²) < 4.78 is 25.0. The second-order valence-electron chi connectivity index (χ2n) is 7.00. The van der Waals surface area contributed by atoms with Gasteiger partial charge in [0.2, 0.25) is 5.91 Å². The van der Waals surface area contributed by atoms with E-state index in [0.717, 1.165) is 5.56 Å². The lowest BCUT2D eigenvalue weighted by Gasteiger charge is -2.15. The summed E-state index contributed by atoms with van der Waals surface area (Å²) in [5.74, 6) is -0.718. The van der Waals surface area contributed by atoms with Crippen molar-refractivity contribution in [2.75, 3.05) is 0 Å². The van der Waals surface area contributed by atoms with E-state index in [2.05, 4.69) is 4.98 Å². The summed E-state index contributed by atoms with van der Waals surface area (Å²) in [5, 5.41) is 0.00956. The number of benzene rings is 2. The predicted molar refractivity (Wildman–Crippen MR) is 116 cm³/mol. The Labute approximate surface area is 175 Å². The van der Waals surface area contributed by atoms with E-state index in [1.165, 1.54) is 0 Å². The zero-order valence-corrected chi connectivity index (χ0v) is 17.7. The SMILES string of the molecule is CC(C)S(=O)(=O)Cc1ccc(C(N)=O)cc1-c1ccc(Cl)c(-c2ccccn2)c1. The van der Waals surface area contributed by atoms with E-state index >= 15 is 0 Å². The molecule has 1 heterocycles. The summed E-state index contributed by atoms with van der Waals surface area (Å²) in [6, 6.07) is 15.7. The molecule has 2 aromatic carbocycles. The lowest BCUT2D eigenvalue weighted by atomic mass is 9.95. The van der Waals surface area contributed by atoms with Crippen LogP contribution in [-0.2, 0) is 15.6 Å². The summed E-state index contributed by atoms with van der Waals surface area (Å²) in [6.07, 6.45) is 1.67. The van der Waals surface area contributed by atoms with Crippen molar-refractivity contribution < 1.29 is 13.2 Å². The van der Waals surface area contributed by atoms with Gasteiger partial charge in [-0.3, -0.25) is 9.78 Å². The Hall–Kier alpha value is -2.70. The van der Waals surface area contributed by atoms with Crippen molar-refractivity contribution in [2.45, 2.75) is 24.9 Å². The number of rotatable bonds is 6. The quantitative estimate of drug-likeness (QED) is 0.626. The molecule has 5 nitrogen and oxygen atoms in total. The number of halogens is 1. The number of carbonyl (C=O) groups excluding carboxylic acids is 1. The molecule has 7 heteroatoms. The maximum absolute atomic E-state index is 12.5. The maximum Gasteiger partial charge on any atom is 0.248 e. The van der Waals surface area contributed by atoms with E-state index in [-0.39, 0.29) is 5.75 Å². The molecule has 150 valence electrons. The van der Waals surface area contributed by atoms with Crippen LogP contribution < -0.4 is 5.73 Å². The van der Waals surface area contributed by atoms with Gasteiger partial charge in [-0.05, 0) is 66.9 Å². The third-order valence-electron chi connectivity index (χ3n) is 4.69. The molecule has 29 heavy (non-hydrogen) atoms. The highest BCUT2D eigenvalue weighted by Gasteiger charge is 2.20. The van der Waals surface area contributed by atoms with Gasteiger partial charge in [0.05, 0.1) is 16.7 Å². The second-order valence-corrected chi connectivity index (χ2v) is 9.97. The fourth-order valence-electron chi connectivity index (χ4n) is 2.92. The van der Waals surface area contributed by atoms with E-state index in [1.54, 1.807) is 50.4 Å². The van der Waals surface area contributed by atoms with Gasteiger partial charge in [-0.2, -0.15) is 0 Å². The highest BCUT2D eigenvalue weighted by molar-refractivity contribution is 7.91. The first-order valence-corrected chi connectivity index (χ1v) is 11.1. The van der Waals surface area contributed by atoms with Crippen molar-refractivity contribution in [1.82, 2.24) is 4.98 Å². The van der Waals surface area contributed by atoms with Gasteiger partial charge in [0.1, 0.15) is 0 Å². The molecule has 2 N–H and O–H groups in total. The molecule has 0 radical (unpaired) electrons. The number of carbonyl (C=O) groups is 1. The third-order valence-corrected chi connectivity index (χ3v) is 7.17. The van der Waals surface area contributed by atoms with Crippen molar-refractivity contribution in [2.24, 2.45) is 5.73 Å². The number of primary amides is 1. The molecular formula is C22H21ClN2O3S. The van der Waals surface area contributed by atoms with Gasteiger partial charge in [0.15, 0.2) is 9.84 Å². The number of nitrogens with zero attached hydrogens (tertiary/aromatic N) is 1. The zero-order chi connectivity index (χ0) is 21.2. The number of hydrogen-bond donors (Lipinski definition) is 1. The van der Waals surface area contributed by atoms with Crippen LogP contribution in [0.5, 0.6) is 0 Å². The first-order valence-electron chi connectivity index (χ1n) is 9.04. The predicted octanol–water partition coefficient (Wildman–Crippen LogP) is 4.49. The molecule has 1 amide bonds. The van der Waals surface area contributed by atoms with Crippen LogP contribution in [0.1, 0.15) is 29.8 Å². The largest absolute Gasteiger partial charge is 0.366 e. The summed E-state index contributed by atoms with van der Waals surface area (Å²) in [4.78, 5) is 16.0. The van der Waals surface area contributed by atoms with Gasteiger partial charge in [-0.1, -0.05) is 29.8 Å². The van der Waals surface area contributed by atoms with E-state index in [9.17, 15) is 13.2 Å².